The Balaban J connectivity index is 2.51. The summed E-state index contributed by atoms with van der Waals surface area (Å²) >= 11 is 0. The van der Waals surface area contributed by atoms with E-state index < -0.39 is 0 Å². The monoisotopic (exact) mass is 191 g/mol. The molecule has 1 aromatic carbocycles. The summed E-state index contributed by atoms with van der Waals surface area (Å²) in [5.41, 5.74) is 2.63. The topological polar surface area (TPSA) is 29.1 Å². The molecule has 0 radical (unpaired) electrons. The Bertz CT molecular complexity index is 277. The second kappa shape index (κ2) is 5.43. The lowest BCUT2D eigenvalue weighted by Crippen LogP contribution is -2.14. The normalized spacial score (nSPS) is 10.2. The van der Waals surface area contributed by atoms with E-state index in [0.717, 1.165) is 12.8 Å². The molecule has 0 fully saturated rings. The average Bonchev–Trinajstić information content (AvgIpc) is 2.19. The van der Waals surface area contributed by atoms with Crippen LogP contribution in [0.5, 0.6) is 0 Å². The highest BCUT2D eigenvalue weighted by Crippen LogP contribution is 2.14. The zero-order valence-electron chi connectivity index (χ0n) is 8.79. The van der Waals surface area contributed by atoms with Gasteiger partial charge in [-0.05, 0) is 23.5 Å². The van der Waals surface area contributed by atoms with E-state index in [1.807, 2.05) is 0 Å². The lowest BCUT2D eigenvalue weighted by molar-refractivity contribution is -0.109. The summed E-state index contributed by atoms with van der Waals surface area (Å²) in [6.45, 7) is 5.08. The number of rotatable bonds is 5. The van der Waals surface area contributed by atoms with E-state index in [4.69, 9.17) is 0 Å². The molecule has 0 spiro atoms. The summed E-state index contributed by atoms with van der Waals surface area (Å²) in [7, 11) is 0. The molecule has 0 unspecified atom stereocenters. The molecule has 0 saturated heterocycles. The molecule has 1 aromatic rings. The summed E-state index contributed by atoms with van der Waals surface area (Å²) < 4.78 is 0. The van der Waals surface area contributed by atoms with Crippen LogP contribution in [0.25, 0.3) is 0 Å². The maximum atomic E-state index is 10.0. The SMILES string of the molecule is CC(C)c1ccc(CCNC=O)cc1. The maximum absolute atomic E-state index is 10.0. The van der Waals surface area contributed by atoms with Crippen LogP contribution in [0, 0.1) is 0 Å². The predicted octanol–water partition coefficient (Wildman–Crippen LogP) is 2.10. The smallest absolute Gasteiger partial charge is 0.207 e. The third kappa shape index (κ3) is 3.21. The zero-order valence-corrected chi connectivity index (χ0v) is 8.79. The van der Waals surface area contributed by atoms with E-state index in [-0.39, 0.29) is 0 Å². The van der Waals surface area contributed by atoms with Crippen molar-refractivity contribution < 1.29 is 4.79 Å². The van der Waals surface area contributed by atoms with Crippen LogP contribution < -0.4 is 5.32 Å². The Morgan fingerprint density at radius 1 is 1.29 bits per heavy atom. The van der Waals surface area contributed by atoms with Crippen molar-refractivity contribution in [3.63, 3.8) is 0 Å². The first-order chi connectivity index (χ1) is 6.74. The Hall–Kier alpha value is -1.31. The summed E-state index contributed by atoms with van der Waals surface area (Å²) in [6.07, 6.45) is 1.64. The van der Waals surface area contributed by atoms with Gasteiger partial charge < -0.3 is 5.32 Å². The molecule has 1 rings (SSSR count). The molecule has 0 aliphatic carbocycles. The van der Waals surface area contributed by atoms with Crippen LogP contribution in [0.4, 0.5) is 0 Å². The minimum atomic E-state index is 0.581. The van der Waals surface area contributed by atoms with Crippen LogP contribution in [-0.2, 0) is 11.2 Å². The van der Waals surface area contributed by atoms with Crippen LogP contribution in [0.2, 0.25) is 0 Å². The quantitative estimate of drug-likeness (QED) is 0.560. The van der Waals surface area contributed by atoms with E-state index in [1.165, 1.54) is 11.1 Å². The van der Waals surface area contributed by atoms with Crippen molar-refractivity contribution in [3.8, 4) is 0 Å². The molecule has 14 heavy (non-hydrogen) atoms. The van der Waals surface area contributed by atoms with Crippen LogP contribution in [0.1, 0.15) is 30.9 Å². The lowest BCUT2D eigenvalue weighted by atomic mass is 10.0. The first-order valence-corrected chi connectivity index (χ1v) is 5.00. The van der Waals surface area contributed by atoms with E-state index in [2.05, 4.69) is 43.4 Å². The minimum absolute atomic E-state index is 0.581. The molecular weight excluding hydrogens is 174 g/mol. The Kier molecular flexibility index (Phi) is 4.17. The highest BCUT2D eigenvalue weighted by Gasteiger charge is 1.98. The minimum Gasteiger partial charge on any atom is -0.358 e. The molecule has 0 bridgehead atoms. The summed E-state index contributed by atoms with van der Waals surface area (Å²) in [6, 6.07) is 8.56. The fourth-order valence-corrected chi connectivity index (χ4v) is 1.34. The van der Waals surface area contributed by atoms with Gasteiger partial charge in [-0.1, -0.05) is 38.1 Å². The van der Waals surface area contributed by atoms with E-state index in [1.54, 1.807) is 0 Å². The number of carbonyl (C=O) groups excluding carboxylic acids is 1. The van der Waals surface area contributed by atoms with Crippen molar-refractivity contribution >= 4 is 6.41 Å². The van der Waals surface area contributed by atoms with Crippen molar-refractivity contribution in [2.45, 2.75) is 26.2 Å². The summed E-state index contributed by atoms with van der Waals surface area (Å²) in [5.74, 6) is 0.581. The molecule has 0 saturated carbocycles. The van der Waals surface area contributed by atoms with Crippen molar-refractivity contribution in [1.82, 2.24) is 5.32 Å². The van der Waals surface area contributed by atoms with Crippen molar-refractivity contribution in [3.05, 3.63) is 35.4 Å². The standard InChI is InChI=1S/C12H17NO/c1-10(2)12-5-3-11(4-6-12)7-8-13-9-14/h3-6,9-10H,7-8H2,1-2H3,(H,13,14). The van der Waals surface area contributed by atoms with Crippen molar-refractivity contribution in [2.75, 3.05) is 6.54 Å². The number of nitrogens with one attached hydrogen (secondary N) is 1. The number of amides is 1. The first-order valence-electron chi connectivity index (χ1n) is 5.00. The molecule has 0 atom stereocenters. The lowest BCUT2D eigenvalue weighted by Gasteiger charge is -2.06. The van der Waals surface area contributed by atoms with Gasteiger partial charge in [0.2, 0.25) is 6.41 Å². The predicted molar refractivity (Wildman–Crippen MR) is 58.3 cm³/mol. The largest absolute Gasteiger partial charge is 0.358 e. The van der Waals surface area contributed by atoms with Crippen LogP contribution in [0.15, 0.2) is 24.3 Å². The van der Waals surface area contributed by atoms with Gasteiger partial charge in [-0.25, -0.2) is 0 Å². The first kappa shape index (κ1) is 10.8. The van der Waals surface area contributed by atoms with Crippen LogP contribution >= 0.6 is 0 Å². The van der Waals surface area contributed by atoms with Crippen molar-refractivity contribution in [1.29, 1.82) is 0 Å². The third-order valence-corrected chi connectivity index (χ3v) is 2.29. The van der Waals surface area contributed by atoms with Gasteiger partial charge in [0.05, 0.1) is 0 Å². The molecule has 1 N–H and O–H groups in total. The van der Waals surface area contributed by atoms with Crippen LogP contribution in [-0.4, -0.2) is 13.0 Å². The molecule has 0 aromatic heterocycles. The van der Waals surface area contributed by atoms with Crippen LogP contribution in [0.3, 0.4) is 0 Å². The van der Waals surface area contributed by atoms with Gasteiger partial charge in [0.25, 0.3) is 0 Å². The van der Waals surface area contributed by atoms with Gasteiger partial charge in [-0.3, -0.25) is 4.79 Å². The number of benzene rings is 1. The molecule has 2 heteroatoms. The summed E-state index contributed by atoms with van der Waals surface area (Å²) in [5, 5.41) is 2.65. The summed E-state index contributed by atoms with van der Waals surface area (Å²) in [4.78, 5) is 10.0. The number of hydrogen-bond acceptors (Lipinski definition) is 1. The maximum Gasteiger partial charge on any atom is 0.207 e. The van der Waals surface area contributed by atoms with Gasteiger partial charge in [0.1, 0.15) is 0 Å². The second-order valence-corrected chi connectivity index (χ2v) is 3.72. The Labute approximate surface area is 85.3 Å². The molecule has 0 aliphatic rings. The molecule has 0 heterocycles. The van der Waals surface area contributed by atoms with Gasteiger partial charge in [-0.15, -0.1) is 0 Å². The zero-order chi connectivity index (χ0) is 10.4. The molecule has 76 valence electrons. The van der Waals surface area contributed by atoms with Crippen molar-refractivity contribution in [2.24, 2.45) is 0 Å². The number of carbonyl (C=O) groups is 1. The van der Waals surface area contributed by atoms with Gasteiger partial charge in [-0.2, -0.15) is 0 Å². The molecular formula is C12H17NO. The highest BCUT2D eigenvalue weighted by molar-refractivity contribution is 5.45. The molecule has 0 aliphatic heterocycles. The Morgan fingerprint density at radius 3 is 2.43 bits per heavy atom. The fraction of sp³-hybridized carbons (Fsp3) is 0.417. The van der Waals surface area contributed by atoms with Gasteiger partial charge in [0, 0.05) is 6.54 Å². The molecule has 1 amide bonds. The average molecular weight is 191 g/mol. The van der Waals surface area contributed by atoms with E-state index in [9.17, 15) is 4.79 Å². The van der Waals surface area contributed by atoms with E-state index in [0.29, 0.717) is 12.5 Å². The highest BCUT2D eigenvalue weighted by atomic mass is 16.1. The third-order valence-electron chi connectivity index (χ3n) is 2.29. The molecule has 2 nitrogen and oxygen atoms in total. The number of hydrogen-bond donors (Lipinski definition) is 1. The Morgan fingerprint density at radius 2 is 1.93 bits per heavy atom. The van der Waals surface area contributed by atoms with Gasteiger partial charge >= 0.3 is 0 Å². The van der Waals surface area contributed by atoms with Gasteiger partial charge in [0.15, 0.2) is 0 Å². The second-order valence-electron chi connectivity index (χ2n) is 3.72. The fourth-order valence-electron chi connectivity index (χ4n) is 1.34. The van der Waals surface area contributed by atoms with E-state index >= 15 is 0 Å².